The fraction of sp³-hybridized carbons (Fsp3) is 0.286. The van der Waals surface area contributed by atoms with Crippen molar-refractivity contribution in [2.24, 2.45) is 0 Å². The summed E-state index contributed by atoms with van der Waals surface area (Å²) >= 11 is 0. The third kappa shape index (κ3) is 3.28. The second kappa shape index (κ2) is 6.12. The van der Waals surface area contributed by atoms with Crippen molar-refractivity contribution in [2.75, 3.05) is 18.5 Å². The minimum absolute atomic E-state index is 0.175. The van der Waals surface area contributed by atoms with Crippen molar-refractivity contribution in [1.82, 2.24) is 9.97 Å². The molecule has 0 saturated carbocycles. The summed E-state index contributed by atoms with van der Waals surface area (Å²) in [5.41, 5.74) is 3.35. The molecule has 0 unspecified atom stereocenters. The first kappa shape index (κ1) is 12.5. The van der Waals surface area contributed by atoms with Crippen LogP contribution in [0.3, 0.4) is 0 Å². The highest BCUT2D eigenvalue weighted by atomic mass is 16.3. The fourth-order valence-corrected chi connectivity index (χ4v) is 1.59. The molecular formula is C14H17N3O. The van der Waals surface area contributed by atoms with Crippen LogP contribution in [0, 0.1) is 6.92 Å². The molecule has 4 nitrogen and oxygen atoms in total. The maximum atomic E-state index is 8.68. The number of benzene rings is 1. The van der Waals surface area contributed by atoms with Gasteiger partial charge in [0.25, 0.3) is 0 Å². The molecule has 0 radical (unpaired) electrons. The maximum absolute atomic E-state index is 8.68. The number of aromatic nitrogens is 2. The van der Waals surface area contributed by atoms with E-state index >= 15 is 0 Å². The molecule has 1 heterocycles. The highest BCUT2D eigenvalue weighted by Gasteiger charge is 1.99. The highest BCUT2D eigenvalue weighted by Crippen LogP contribution is 2.18. The Bertz CT molecular complexity index is 479. The van der Waals surface area contributed by atoms with E-state index in [9.17, 15) is 0 Å². The summed E-state index contributed by atoms with van der Waals surface area (Å²) in [7, 11) is 0. The lowest BCUT2D eigenvalue weighted by atomic mass is 10.1. The van der Waals surface area contributed by atoms with Crippen LogP contribution in [0.1, 0.15) is 12.0 Å². The zero-order valence-corrected chi connectivity index (χ0v) is 10.4. The van der Waals surface area contributed by atoms with Crippen LogP contribution in [0.15, 0.2) is 36.7 Å². The second-order valence-electron chi connectivity index (χ2n) is 4.17. The van der Waals surface area contributed by atoms with Crippen molar-refractivity contribution < 1.29 is 5.11 Å². The van der Waals surface area contributed by atoms with Gasteiger partial charge in [0.05, 0.1) is 0 Å². The number of aliphatic hydroxyl groups excluding tert-OH is 1. The van der Waals surface area contributed by atoms with E-state index in [2.05, 4.69) is 46.5 Å². The van der Waals surface area contributed by atoms with Gasteiger partial charge in [-0.3, -0.25) is 0 Å². The minimum atomic E-state index is 0.175. The van der Waals surface area contributed by atoms with Gasteiger partial charge in [-0.1, -0.05) is 29.8 Å². The van der Waals surface area contributed by atoms with Crippen molar-refractivity contribution in [1.29, 1.82) is 0 Å². The van der Waals surface area contributed by atoms with Crippen LogP contribution in [0.2, 0.25) is 0 Å². The van der Waals surface area contributed by atoms with Gasteiger partial charge >= 0.3 is 0 Å². The Labute approximate surface area is 107 Å². The number of anilines is 1. The van der Waals surface area contributed by atoms with E-state index in [0.29, 0.717) is 18.9 Å². The van der Waals surface area contributed by atoms with Crippen molar-refractivity contribution in [3.05, 3.63) is 42.2 Å². The first-order valence-corrected chi connectivity index (χ1v) is 6.03. The molecular weight excluding hydrogens is 226 g/mol. The van der Waals surface area contributed by atoms with E-state index < -0.39 is 0 Å². The van der Waals surface area contributed by atoms with Gasteiger partial charge in [0.1, 0.15) is 0 Å². The third-order valence-electron chi connectivity index (χ3n) is 2.65. The average Bonchev–Trinajstić information content (AvgIpc) is 2.41. The molecule has 94 valence electrons. The molecule has 0 atom stereocenters. The van der Waals surface area contributed by atoms with E-state index in [-0.39, 0.29) is 6.61 Å². The monoisotopic (exact) mass is 243 g/mol. The van der Waals surface area contributed by atoms with Crippen molar-refractivity contribution in [2.45, 2.75) is 13.3 Å². The van der Waals surface area contributed by atoms with Gasteiger partial charge in [-0.25, -0.2) is 9.97 Å². The largest absolute Gasteiger partial charge is 0.396 e. The Hall–Kier alpha value is -1.94. The van der Waals surface area contributed by atoms with Crippen molar-refractivity contribution in [3.63, 3.8) is 0 Å². The van der Waals surface area contributed by atoms with Crippen LogP contribution in [0.25, 0.3) is 11.1 Å². The van der Waals surface area contributed by atoms with Crippen molar-refractivity contribution >= 4 is 5.95 Å². The Kier molecular flexibility index (Phi) is 4.25. The van der Waals surface area contributed by atoms with E-state index in [4.69, 9.17) is 5.11 Å². The first-order chi connectivity index (χ1) is 8.79. The summed E-state index contributed by atoms with van der Waals surface area (Å²) in [6, 6.07) is 8.27. The molecule has 0 aliphatic rings. The number of hydrogen-bond donors (Lipinski definition) is 2. The molecule has 0 saturated heterocycles. The lowest BCUT2D eigenvalue weighted by molar-refractivity contribution is 0.292. The molecule has 1 aromatic heterocycles. The molecule has 1 aromatic carbocycles. The molecule has 0 spiro atoms. The Morgan fingerprint density at radius 1 is 1.06 bits per heavy atom. The fourth-order valence-electron chi connectivity index (χ4n) is 1.59. The molecule has 4 heteroatoms. The number of aryl methyl sites for hydroxylation is 1. The Morgan fingerprint density at radius 3 is 2.33 bits per heavy atom. The van der Waals surface area contributed by atoms with Gasteiger partial charge in [0.2, 0.25) is 5.95 Å². The first-order valence-electron chi connectivity index (χ1n) is 6.03. The second-order valence-corrected chi connectivity index (χ2v) is 4.17. The number of nitrogens with one attached hydrogen (secondary N) is 1. The normalized spacial score (nSPS) is 10.3. The van der Waals surface area contributed by atoms with E-state index in [0.717, 1.165) is 11.1 Å². The lowest BCUT2D eigenvalue weighted by Gasteiger charge is -2.05. The number of rotatable bonds is 5. The molecule has 2 N–H and O–H groups in total. The van der Waals surface area contributed by atoms with Crippen LogP contribution >= 0.6 is 0 Å². The van der Waals surface area contributed by atoms with Gasteiger partial charge < -0.3 is 10.4 Å². The van der Waals surface area contributed by atoms with Crippen molar-refractivity contribution in [3.8, 4) is 11.1 Å². The van der Waals surface area contributed by atoms with Crippen LogP contribution in [-0.4, -0.2) is 28.2 Å². The predicted octanol–water partition coefficient (Wildman–Crippen LogP) is 2.25. The van der Waals surface area contributed by atoms with E-state index in [1.165, 1.54) is 5.56 Å². The van der Waals surface area contributed by atoms with Crippen LogP contribution in [0.4, 0.5) is 5.95 Å². The predicted molar refractivity (Wildman–Crippen MR) is 72.4 cm³/mol. The standard InChI is InChI=1S/C14H17N3O/c1-11-3-5-12(6-4-11)13-9-16-14(17-10-13)15-7-2-8-18/h3-6,9-10,18H,2,7-8H2,1H3,(H,15,16,17). The Balaban J connectivity index is 2.05. The highest BCUT2D eigenvalue weighted by molar-refractivity contribution is 5.62. The molecule has 18 heavy (non-hydrogen) atoms. The van der Waals surface area contributed by atoms with Gasteiger partial charge in [-0.15, -0.1) is 0 Å². The van der Waals surface area contributed by atoms with Gasteiger partial charge in [-0.05, 0) is 18.9 Å². The summed E-state index contributed by atoms with van der Waals surface area (Å²) in [4.78, 5) is 8.49. The topological polar surface area (TPSA) is 58.0 Å². The summed E-state index contributed by atoms with van der Waals surface area (Å²) in [6.07, 6.45) is 4.31. The SMILES string of the molecule is Cc1ccc(-c2cnc(NCCCO)nc2)cc1. The van der Waals surface area contributed by atoms with Gasteiger partial charge in [-0.2, -0.15) is 0 Å². The molecule has 0 aliphatic carbocycles. The summed E-state index contributed by atoms with van der Waals surface area (Å²) in [6.45, 7) is 2.92. The molecule has 0 bridgehead atoms. The average molecular weight is 243 g/mol. The quantitative estimate of drug-likeness (QED) is 0.791. The van der Waals surface area contributed by atoms with Crippen LogP contribution < -0.4 is 5.32 Å². The number of aliphatic hydroxyl groups is 1. The van der Waals surface area contributed by atoms with Crippen LogP contribution in [-0.2, 0) is 0 Å². The smallest absolute Gasteiger partial charge is 0.222 e. The molecule has 0 fully saturated rings. The Morgan fingerprint density at radius 2 is 1.72 bits per heavy atom. The summed E-state index contributed by atoms with van der Waals surface area (Å²) in [5, 5.41) is 11.7. The van der Waals surface area contributed by atoms with Gasteiger partial charge in [0, 0.05) is 31.1 Å². The molecule has 2 aromatic rings. The molecule has 2 rings (SSSR count). The minimum Gasteiger partial charge on any atom is -0.396 e. The zero-order chi connectivity index (χ0) is 12.8. The number of hydrogen-bond acceptors (Lipinski definition) is 4. The maximum Gasteiger partial charge on any atom is 0.222 e. The number of nitrogens with zero attached hydrogens (tertiary/aromatic N) is 2. The van der Waals surface area contributed by atoms with Crippen LogP contribution in [0.5, 0.6) is 0 Å². The summed E-state index contributed by atoms with van der Waals surface area (Å²) in [5.74, 6) is 0.597. The third-order valence-corrected chi connectivity index (χ3v) is 2.65. The lowest BCUT2D eigenvalue weighted by Crippen LogP contribution is -2.06. The molecule has 0 amide bonds. The van der Waals surface area contributed by atoms with E-state index in [1.54, 1.807) is 12.4 Å². The summed E-state index contributed by atoms with van der Waals surface area (Å²) < 4.78 is 0. The zero-order valence-electron chi connectivity index (χ0n) is 10.4. The van der Waals surface area contributed by atoms with Gasteiger partial charge in [0.15, 0.2) is 0 Å². The van der Waals surface area contributed by atoms with E-state index in [1.807, 2.05) is 0 Å². The molecule has 0 aliphatic heterocycles.